The quantitative estimate of drug-likeness (QED) is 0.366. The summed E-state index contributed by atoms with van der Waals surface area (Å²) in [5.41, 5.74) is 2.74. The smallest absolute Gasteiger partial charge is 0.182 e. The van der Waals surface area contributed by atoms with Crippen LogP contribution in [0.4, 0.5) is 5.69 Å². The van der Waals surface area contributed by atoms with E-state index < -0.39 is 0 Å². The lowest BCUT2D eigenvalue weighted by Gasteiger charge is -1.99. The topological polar surface area (TPSA) is 76.9 Å². The number of nitrogens with zero attached hydrogens (tertiary/aromatic N) is 3. The Bertz CT molecular complexity index is 601. The van der Waals surface area contributed by atoms with Crippen molar-refractivity contribution in [3.63, 3.8) is 0 Å². The summed E-state index contributed by atoms with van der Waals surface area (Å²) in [4.78, 5) is 11.6. The molecule has 0 amide bonds. The summed E-state index contributed by atoms with van der Waals surface area (Å²) in [6.45, 7) is 3.66. The molecule has 1 aromatic heterocycles. The summed E-state index contributed by atoms with van der Waals surface area (Å²) in [7, 11) is 0. The highest BCUT2D eigenvalue weighted by Gasteiger charge is 2.01. The molecule has 0 spiro atoms. The van der Waals surface area contributed by atoms with Gasteiger partial charge in [0.2, 0.25) is 0 Å². The molecule has 0 saturated heterocycles. The first-order chi connectivity index (χ1) is 8.69. The van der Waals surface area contributed by atoms with Crippen LogP contribution in [0.3, 0.4) is 0 Å². The number of nitrogens with one attached hydrogen (secondary N) is 2. The van der Waals surface area contributed by atoms with Crippen LogP contribution in [0.1, 0.15) is 12.7 Å². The molecule has 5 heteroatoms. The van der Waals surface area contributed by atoms with Gasteiger partial charge in [-0.05, 0) is 26.0 Å². The standard InChI is InChI=1S/C13H13N5/c1-9-15-7-13(18-9)11-3-5-12(6-4-11)17-10(2)16-8-14/h3-7H,1-2H3,(H,15,18)(H,16,17). The van der Waals surface area contributed by atoms with Gasteiger partial charge in [0, 0.05) is 11.8 Å². The van der Waals surface area contributed by atoms with Crippen molar-refractivity contribution in [1.29, 1.82) is 5.26 Å². The summed E-state index contributed by atoms with van der Waals surface area (Å²) < 4.78 is 0. The molecule has 1 aromatic carbocycles. The van der Waals surface area contributed by atoms with Crippen LogP contribution in [0, 0.1) is 18.4 Å². The molecule has 2 rings (SSSR count). The van der Waals surface area contributed by atoms with E-state index in [0.717, 1.165) is 22.8 Å². The Labute approximate surface area is 105 Å². The van der Waals surface area contributed by atoms with Crippen molar-refractivity contribution < 1.29 is 0 Å². The Morgan fingerprint density at radius 3 is 2.67 bits per heavy atom. The molecule has 0 fully saturated rings. The van der Waals surface area contributed by atoms with Gasteiger partial charge in [0.1, 0.15) is 11.7 Å². The Kier molecular flexibility index (Phi) is 3.39. The molecule has 0 aliphatic heterocycles. The lowest BCUT2D eigenvalue weighted by Crippen LogP contribution is -2.12. The first kappa shape index (κ1) is 11.9. The van der Waals surface area contributed by atoms with E-state index in [9.17, 15) is 0 Å². The van der Waals surface area contributed by atoms with Gasteiger partial charge in [0.05, 0.1) is 11.4 Å². The molecule has 0 bridgehead atoms. The molecule has 1 heterocycles. The Balaban J connectivity index is 2.21. The average molecular weight is 239 g/mol. The number of aromatic nitrogens is 2. The predicted molar refractivity (Wildman–Crippen MR) is 70.3 cm³/mol. The summed E-state index contributed by atoms with van der Waals surface area (Å²) in [6.07, 6.45) is 3.70. The van der Waals surface area contributed by atoms with E-state index in [4.69, 9.17) is 5.26 Å². The average Bonchev–Trinajstić information content (AvgIpc) is 2.77. The normalized spacial score (nSPS) is 11.1. The third kappa shape index (κ3) is 2.74. The second kappa shape index (κ2) is 5.15. The van der Waals surface area contributed by atoms with Crippen LogP contribution in [0.25, 0.3) is 11.3 Å². The maximum atomic E-state index is 8.46. The Morgan fingerprint density at radius 2 is 2.11 bits per heavy atom. The molecule has 90 valence electrons. The number of aliphatic imine (C=N–C) groups is 1. The van der Waals surface area contributed by atoms with Crippen molar-refractivity contribution in [2.75, 3.05) is 0 Å². The maximum Gasteiger partial charge on any atom is 0.182 e. The molecule has 0 aliphatic carbocycles. The molecule has 0 radical (unpaired) electrons. The lowest BCUT2D eigenvalue weighted by molar-refractivity contribution is 1.15. The first-order valence-electron chi connectivity index (χ1n) is 5.52. The minimum absolute atomic E-state index is 0.570. The summed E-state index contributed by atoms with van der Waals surface area (Å²) >= 11 is 0. The maximum absolute atomic E-state index is 8.46. The fourth-order valence-electron chi connectivity index (χ4n) is 1.58. The number of nitriles is 1. The van der Waals surface area contributed by atoms with Crippen molar-refractivity contribution in [3.05, 3.63) is 36.3 Å². The van der Waals surface area contributed by atoms with Gasteiger partial charge in [-0.2, -0.15) is 5.26 Å². The van der Waals surface area contributed by atoms with E-state index in [0.29, 0.717) is 5.84 Å². The molecule has 2 aromatic rings. The minimum Gasteiger partial charge on any atom is -0.348 e. The van der Waals surface area contributed by atoms with Crippen molar-refractivity contribution in [2.45, 2.75) is 13.8 Å². The van der Waals surface area contributed by atoms with Gasteiger partial charge in [-0.25, -0.2) is 9.98 Å². The van der Waals surface area contributed by atoms with Gasteiger partial charge in [-0.15, -0.1) is 0 Å². The molecular formula is C13H13N5. The number of rotatable bonds is 2. The van der Waals surface area contributed by atoms with E-state index in [1.165, 1.54) is 0 Å². The number of hydrogen-bond donors (Lipinski definition) is 2. The van der Waals surface area contributed by atoms with Crippen molar-refractivity contribution >= 4 is 11.5 Å². The minimum atomic E-state index is 0.570. The van der Waals surface area contributed by atoms with E-state index in [-0.39, 0.29) is 0 Å². The highest BCUT2D eigenvalue weighted by atomic mass is 15.0. The van der Waals surface area contributed by atoms with Gasteiger partial charge < -0.3 is 4.98 Å². The molecular weight excluding hydrogens is 226 g/mol. The van der Waals surface area contributed by atoms with Crippen LogP contribution in [-0.4, -0.2) is 15.8 Å². The second-order valence-corrected chi connectivity index (χ2v) is 3.85. The monoisotopic (exact) mass is 239 g/mol. The SMILES string of the molecule is C/C(=N\c1ccc(-c2c[nH]c(C)n2)cc1)NC#N. The van der Waals surface area contributed by atoms with Gasteiger partial charge >= 0.3 is 0 Å². The second-order valence-electron chi connectivity index (χ2n) is 3.85. The molecule has 18 heavy (non-hydrogen) atoms. The van der Waals surface area contributed by atoms with E-state index in [1.54, 1.807) is 6.92 Å². The number of aromatic amines is 1. The van der Waals surface area contributed by atoms with E-state index in [2.05, 4.69) is 20.3 Å². The predicted octanol–water partition coefficient (Wildman–Crippen LogP) is 2.51. The molecule has 0 atom stereocenters. The van der Waals surface area contributed by atoms with Crippen molar-refractivity contribution in [1.82, 2.24) is 15.3 Å². The largest absolute Gasteiger partial charge is 0.348 e. The van der Waals surface area contributed by atoms with Crippen LogP contribution in [-0.2, 0) is 0 Å². The Hall–Kier alpha value is -2.61. The highest BCUT2D eigenvalue weighted by molar-refractivity contribution is 5.83. The third-order valence-corrected chi connectivity index (χ3v) is 2.40. The summed E-state index contributed by atoms with van der Waals surface area (Å²) in [5, 5.41) is 10.9. The number of aryl methyl sites for hydroxylation is 1. The van der Waals surface area contributed by atoms with Crippen LogP contribution in [0.5, 0.6) is 0 Å². The number of benzene rings is 1. The Morgan fingerprint density at radius 1 is 1.39 bits per heavy atom. The van der Waals surface area contributed by atoms with E-state index in [1.807, 2.05) is 43.6 Å². The zero-order chi connectivity index (χ0) is 13.0. The van der Waals surface area contributed by atoms with Crippen LogP contribution in [0.2, 0.25) is 0 Å². The van der Waals surface area contributed by atoms with Gasteiger partial charge in [0.15, 0.2) is 6.19 Å². The highest BCUT2D eigenvalue weighted by Crippen LogP contribution is 2.21. The molecule has 2 N–H and O–H groups in total. The van der Waals surface area contributed by atoms with Crippen LogP contribution in [0.15, 0.2) is 35.5 Å². The molecule has 0 aliphatic rings. The lowest BCUT2D eigenvalue weighted by atomic mass is 10.1. The number of amidine groups is 1. The number of H-pyrrole nitrogens is 1. The van der Waals surface area contributed by atoms with E-state index >= 15 is 0 Å². The van der Waals surface area contributed by atoms with Crippen molar-refractivity contribution in [2.24, 2.45) is 4.99 Å². The molecule has 5 nitrogen and oxygen atoms in total. The van der Waals surface area contributed by atoms with Crippen LogP contribution >= 0.6 is 0 Å². The van der Waals surface area contributed by atoms with Gasteiger partial charge in [0.25, 0.3) is 0 Å². The van der Waals surface area contributed by atoms with Crippen molar-refractivity contribution in [3.8, 4) is 17.5 Å². The van der Waals surface area contributed by atoms with Crippen LogP contribution < -0.4 is 5.32 Å². The number of hydrogen-bond acceptors (Lipinski definition) is 3. The zero-order valence-corrected chi connectivity index (χ0v) is 10.2. The third-order valence-electron chi connectivity index (χ3n) is 2.40. The summed E-state index contributed by atoms with van der Waals surface area (Å²) in [5.74, 6) is 1.46. The molecule has 0 unspecified atom stereocenters. The molecule has 0 saturated carbocycles. The zero-order valence-electron chi connectivity index (χ0n) is 10.2. The fourth-order valence-corrected chi connectivity index (χ4v) is 1.58. The summed E-state index contributed by atoms with van der Waals surface area (Å²) in [6, 6.07) is 7.69. The number of imidazole rings is 1. The fraction of sp³-hybridized carbons (Fsp3) is 0.154. The first-order valence-corrected chi connectivity index (χ1v) is 5.52. The van der Waals surface area contributed by atoms with Gasteiger partial charge in [-0.3, -0.25) is 5.32 Å². The van der Waals surface area contributed by atoms with Gasteiger partial charge in [-0.1, -0.05) is 12.1 Å².